The van der Waals surface area contributed by atoms with Gasteiger partial charge in [-0.1, -0.05) is 47.6 Å². The Hall–Kier alpha value is -2.51. The molecule has 140 valence electrons. The molecular weight excluding hydrogens is 384 g/mol. The fourth-order valence-corrected chi connectivity index (χ4v) is 3.49. The largest absolute Gasteiger partial charge is 0.496 e. The van der Waals surface area contributed by atoms with Gasteiger partial charge in [0.15, 0.2) is 11.0 Å². The van der Waals surface area contributed by atoms with Crippen LogP contribution in [0.1, 0.15) is 6.92 Å². The number of nitrogens with zero attached hydrogens (tertiary/aromatic N) is 3. The summed E-state index contributed by atoms with van der Waals surface area (Å²) in [5.41, 5.74) is 1.43. The number of anilines is 1. The highest BCUT2D eigenvalue weighted by Crippen LogP contribution is 2.31. The maximum absolute atomic E-state index is 12.5. The summed E-state index contributed by atoms with van der Waals surface area (Å²) in [5, 5.41) is 12.1. The van der Waals surface area contributed by atoms with Gasteiger partial charge in [-0.05, 0) is 31.2 Å². The van der Waals surface area contributed by atoms with Gasteiger partial charge in [0.2, 0.25) is 5.91 Å². The minimum Gasteiger partial charge on any atom is -0.496 e. The van der Waals surface area contributed by atoms with E-state index in [0.717, 1.165) is 5.56 Å². The van der Waals surface area contributed by atoms with Crippen molar-refractivity contribution in [2.75, 3.05) is 12.4 Å². The molecule has 1 heterocycles. The van der Waals surface area contributed by atoms with Crippen molar-refractivity contribution in [3.63, 3.8) is 0 Å². The number of rotatable bonds is 6. The van der Waals surface area contributed by atoms with E-state index in [-0.39, 0.29) is 11.2 Å². The molecule has 3 rings (SSSR count). The molecule has 0 aliphatic carbocycles. The Morgan fingerprint density at radius 1 is 1.19 bits per heavy atom. The van der Waals surface area contributed by atoms with Gasteiger partial charge < -0.3 is 14.6 Å². The van der Waals surface area contributed by atoms with Crippen LogP contribution >= 0.6 is 23.4 Å². The molecule has 0 saturated heterocycles. The van der Waals surface area contributed by atoms with E-state index in [4.69, 9.17) is 16.3 Å². The number of para-hydroxylation sites is 2. The molecule has 0 spiro atoms. The highest BCUT2D eigenvalue weighted by atomic mass is 35.5. The third kappa shape index (κ3) is 4.26. The third-order valence-electron chi connectivity index (χ3n) is 3.97. The number of hydrogen-bond acceptors (Lipinski definition) is 5. The van der Waals surface area contributed by atoms with Gasteiger partial charge >= 0.3 is 0 Å². The quantitative estimate of drug-likeness (QED) is 0.624. The number of amides is 1. The number of aromatic nitrogens is 3. The molecule has 0 aliphatic heterocycles. The lowest BCUT2D eigenvalue weighted by molar-refractivity contribution is -0.115. The van der Waals surface area contributed by atoms with Crippen LogP contribution in [0.3, 0.4) is 0 Å². The predicted molar refractivity (Wildman–Crippen MR) is 108 cm³/mol. The van der Waals surface area contributed by atoms with Crippen molar-refractivity contribution in [1.82, 2.24) is 14.8 Å². The molecular formula is C19H19ClN4O2S. The molecule has 1 aromatic heterocycles. The summed E-state index contributed by atoms with van der Waals surface area (Å²) < 4.78 is 7.25. The number of thioether (sulfide) groups is 1. The summed E-state index contributed by atoms with van der Waals surface area (Å²) in [6, 6.07) is 14.7. The Labute approximate surface area is 166 Å². The molecule has 1 atom stereocenters. The number of carbonyl (C=O) groups is 1. The smallest absolute Gasteiger partial charge is 0.237 e. The van der Waals surface area contributed by atoms with Crippen LogP contribution in [0.5, 0.6) is 5.75 Å². The molecule has 6 nitrogen and oxygen atoms in total. The summed E-state index contributed by atoms with van der Waals surface area (Å²) in [6.45, 7) is 1.81. The molecule has 0 bridgehead atoms. The lowest BCUT2D eigenvalue weighted by Gasteiger charge is -2.13. The fourth-order valence-electron chi connectivity index (χ4n) is 2.49. The monoisotopic (exact) mass is 402 g/mol. The van der Waals surface area contributed by atoms with Gasteiger partial charge in [-0.25, -0.2) is 0 Å². The maximum Gasteiger partial charge on any atom is 0.237 e. The molecule has 0 radical (unpaired) electrons. The van der Waals surface area contributed by atoms with Crippen LogP contribution in [-0.4, -0.2) is 33.0 Å². The van der Waals surface area contributed by atoms with Crippen LogP contribution in [-0.2, 0) is 11.8 Å². The number of hydrogen-bond donors (Lipinski definition) is 1. The van der Waals surface area contributed by atoms with Gasteiger partial charge in [0.25, 0.3) is 0 Å². The zero-order chi connectivity index (χ0) is 19.4. The predicted octanol–water partition coefficient (Wildman–Crippen LogP) is 4.26. The average molecular weight is 403 g/mol. The Balaban J connectivity index is 1.75. The lowest BCUT2D eigenvalue weighted by Crippen LogP contribution is -2.23. The van der Waals surface area contributed by atoms with E-state index in [9.17, 15) is 4.79 Å². The second-order valence-electron chi connectivity index (χ2n) is 5.79. The zero-order valence-electron chi connectivity index (χ0n) is 15.1. The SMILES string of the molecule is COc1ccccc1-c1nnc(S[C@@H](C)C(=O)Nc2ccccc2Cl)n1C. The van der Waals surface area contributed by atoms with E-state index in [1.165, 1.54) is 11.8 Å². The summed E-state index contributed by atoms with van der Waals surface area (Å²) in [5.74, 6) is 1.23. The maximum atomic E-state index is 12.5. The molecule has 0 saturated carbocycles. The van der Waals surface area contributed by atoms with Crippen molar-refractivity contribution in [2.45, 2.75) is 17.3 Å². The molecule has 0 unspecified atom stereocenters. The number of ether oxygens (including phenoxy) is 1. The van der Waals surface area contributed by atoms with Crippen molar-refractivity contribution in [3.8, 4) is 17.1 Å². The Kier molecular flexibility index (Phi) is 6.03. The van der Waals surface area contributed by atoms with E-state index in [2.05, 4.69) is 15.5 Å². The standard InChI is InChI=1S/C19H19ClN4O2S/c1-12(18(25)21-15-10-6-5-9-14(15)20)27-19-23-22-17(24(19)2)13-8-4-7-11-16(13)26-3/h4-12H,1-3H3,(H,21,25)/t12-/m0/s1. The van der Waals surface area contributed by atoms with Gasteiger partial charge in [-0.3, -0.25) is 4.79 Å². The fraction of sp³-hybridized carbons (Fsp3) is 0.211. The number of halogens is 1. The molecule has 1 amide bonds. The van der Waals surface area contributed by atoms with Crippen molar-refractivity contribution in [1.29, 1.82) is 0 Å². The Bertz CT molecular complexity index is 960. The highest BCUT2D eigenvalue weighted by molar-refractivity contribution is 8.00. The summed E-state index contributed by atoms with van der Waals surface area (Å²) in [7, 11) is 3.48. The van der Waals surface area contributed by atoms with Gasteiger partial charge in [-0.2, -0.15) is 0 Å². The van der Waals surface area contributed by atoms with Crippen LogP contribution in [0.2, 0.25) is 5.02 Å². The number of benzene rings is 2. The van der Waals surface area contributed by atoms with E-state index in [0.29, 0.717) is 27.4 Å². The van der Waals surface area contributed by atoms with Crippen LogP contribution < -0.4 is 10.1 Å². The minimum absolute atomic E-state index is 0.157. The second-order valence-corrected chi connectivity index (χ2v) is 7.51. The van der Waals surface area contributed by atoms with Crippen molar-refractivity contribution in [3.05, 3.63) is 53.6 Å². The van der Waals surface area contributed by atoms with Crippen molar-refractivity contribution >= 4 is 35.0 Å². The topological polar surface area (TPSA) is 69.0 Å². The number of methoxy groups -OCH3 is 1. The van der Waals surface area contributed by atoms with Crippen LogP contribution in [0.4, 0.5) is 5.69 Å². The second kappa shape index (κ2) is 8.45. The van der Waals surface area contributed by atoms with E-state index in [1.54, 1.807) is 19.2 Å². The first kappa shape index (κ1) is 19.3. The van der Waals surface area contributed by atoms with Crippen LogP contribution in [0.15, 0.2) is 53.7 Å². The minimum atomic E-state index is -0.380. The lowest BCUT2D eigenvalue weighted by atomic mass is 10.2. The van der Waals surface area contributed by atoms with Crippen LogP contribution in [0, 0.1) is 0 Å². The average Bonchev–Trinajstić information content (AvgIpc) is 3.03. The highest BCUT2D eigenvalue weighted by Gasteiger charge is 2.21. The summed E-state index contributed by atoms with van der Waals surface area (Å²) >= 11 is 7.42. The molecule has 27 heavy (non-hydrogen) atoms. The molecule has 1 N–H and O–H groups in total. The Morgan fingerprint density at radius 3 is 2.63 bits per heavy atom. The first-order valence-corrected chi connectivity index (χ1v) is 9.52. The first-order chi connectivity index (χ1) is 13.0. The number of carbonyl (C=O) groups excluding carboxylic acids is 1. The molecule has 2 aromatic carbocycles. The van der Waals surface area contributed by atoms with E-state index < -0.39 is 0 Å². The normalized spacial score (nSPS) is 11.9. The first-order valence-electron chi connectivity index (χ1n) is 8.26. The summed E-state index contributed by atoms with van der Waals surface area (Å²) in [4.78, 5) is 12.5. The molecule has 0 fully saturated rings. The molecule has 3 aromatic rings. The number of nitrogens with one attached hydrogen (secondary N) is 1. The van der Waals surface area contributed by atoms with E-state index >= 15 is 0 Å². The van der Waals surface area contributed by atoms with Gasteiger partial charge in [-0.15, -0.1) is 10.2 Å². The van der Waals surface area contributed by atoms with Gasteiger partial charge in [0.1, 0.15) is 5.75 Å². The Morgan fingerprint density at radius 2 is 1.89 bits per heavy atom. The zero-order valence-corrected chi connectivity index (χ0v) is 16.7. The molecule has 0 aliphatic rings. The van der Waals surface area contributed by atoms with Crippen LogP contribution in [0.25, 0.3) is 11.4 Å². The van der Waals surface area contributed by atoms with E-state index in [1.807, 2.05) is 54.9 Å². The third-order valence-corrected chi connectivity index (χ3v) is 5.43. The van der Waals surface area contributed by atoms with Gasteiger partial charge in [0, 0.05) is 7.05 Å². The van der Waals surface area contributed by atoms with Crippen molar-refractivity contribution in [2.24, 2.45) is 7.05 Å². The summed E-state index contributed by atoms with van der Waals surface area (Å²) in [6.07, 6.45) is 0. The van der Waals surface area contributed by atoms with Gasteiger partial charge in [0.05, 0.1) is 28.6 Å². The van der Waals surface area contributed by atoms with Crippen molar-refractivity contribution < 1.29 is 9.53 Å². The molecule has 8 heteroatoms.